The van der Waals surface area contributed by atoms with Gasteiger partial charge in [0.15, 0.2) is 5.82 Å². The van der Waals surface area contributed by atoms with Crippen LogP contribution in [0.3, 0.4) is 0 Å². The lowest BCUT2D eigenvalue weighted by Gasteiger charge is -2.14. The molecular formula is C8H8Cl2N2O. The number of hydrogen-bond donors (Lipinski definition) is 0. The molecule has 0 aliphatic carbocycles. The second-order valence-corrected chi connectivity index (χ2v) is 3.38. The molecule has 0 N–H and O–H groups in total. The Morgan fingerprint density at radius 3 is 2.62 bits per heavy atom. The first-order chi connectivity index (χ1) is 6.02. The molecule has 13 heavy (non-hydrogen) atoms. The zero-order valence-corrected chi connectivity index (χ0v) is 8.73. The molecule has 0 atom stereocenters. The summed E-state index contributed by atoms with van der Waals surface area (Å²) in [7, 11) is 1.60. The summed E-state index contributed by atoms with van der Waals surface area (Å²) in [5.41, 5.74) is 0. The predicted molar refractivity (Wildman–Crippen MR) is 53.3 cm³/mol. The molecule has 0 spiro atoms. The summed E-state index contributed by atoms with van der Waals surface area (Å²) in [4.78, 5) is 16.3. The average molecular weight is 219 g/mol. The molecule has 0 bridgehead atoms. The van der Waals surface area contributed by atoms with Crippen molar-refractivity contribution in [2.45, 2.75) is 6.92 Å². The second kappa shape index (κ2) is 3.94. The van der Waals surface area contributed by atoms with Crippen LogP contribution in [0.25, 0.3) is 0 Å². The lowest BCUT2D eigenvalue weighted by molar-refractivity contribution is -0.116. The molecule has 70 valence electrons. The van der Waals surface area contributed by atoms with Crippen molar-refractivity contribution in [1.82, 2.24) is 4.98 Å². The van der Waals surface area contributed by atoms with E-state index < -0.39 is 0 Å². The van der Waals surface area contributed by atoms with Crippen LogP contribution >= 0.6 is 23.2 Å². The molecule has 0 saturated carbocycles. The molecule has 0 aromatic carbocycles. The minimum atomic E-state index is -0.128. The molecule has 0 aliphatic heterocycles. The van der Waals surface area contributed by atoms with E-state index in [-0.39, 0.29) is 5.91 Å². The molecule has 0 aliphatic rings. The van der Waals surface area contributed by atoms with Crippen LogP contribution in [0.4, 0.5) is 5.82 Å². The second-order valence-electron chi connectivity index (χ2n) is 2.54. The van der Waals surface area contributed by atoms with E-state index >= 15 is 0 Å². The van der Waals surface area contributed by atoms with Crippen molar-refractivity contribution >= 4 is 34.9 Å². The summed E-state index contributed by atoms with van der Waals surface area (Å²) in [6.45, 7) is 1.44. The summed E-state index contributed by atoms with van der Waals surface area (Å²) in [6.07, 6.45) is 1.45. The van der Waals surface area contributed by atoms with Gasteiger partial charge in [-0.05, 0) is 6.07 Å². The molecule has 0 unspecified atom stereocenters. The van der Waals surface area contributed by atoms with Gasteiger partial charge in [0.1, 0.15) is 0 Å². The molecular weight excluding hydrogens is 211 g/mol. The Kier molecular flexibility index (Phi) is 3.12. The van der Waals surface area contributed by atoms with Crippen molar-refractivity contribution in [1.29, 1.82) is 0 Å². The third-order valence-electron chi connectivity index (χ3n) is 1.58. The van der Waals surface area contributed by atoms with Gasteiger partial charge in [-0.15, -0.1) is 0 Å². The van der Waals surface area contributed by atoms with E-state index in [1.807, 2.05) is 0 Å². The summed E-state index contributed by atoms with van der Waals surface area (Å²) in [6, 6.07) is 1.55. The Hall–Kier alpha value is -0.800. The largest absolute Gasteiger partial charge is 0.299 e. The van der Waals surface area contributed by atoms with E-state index in [2.05, 4.69) is 4.98 Å². The van der Waals surface area contributed by atoms with Gasteiger partial charge in [-0.2, -0.15) is 0 Å². The number of carbonyl (C=O) groups is 1. The smallest absolute Gasteiger partial charge is 0.224 e. The Labute approximate surface area is 86.3 Å². The quantitative estimate of drug-likeness (QED) is 0.726. The molecule has 1 rings (SSSR count). The molecule has 5 heteroatoms. The van der Waals surface area contributed by atoms with Gasteiger partial charge in [-0.25, -0.2) is 4.98 Å². The van der Waals surface area contributed by atoms with Crippen LogP contribution in [-0.2, 0) is 4.79 Å². The number of aromatic nitrogens is 1. The maximum atomic E-state index is 11.0. The third kappa shape index (κ3) is 2.32. The fourth-order valence-corrected chi connectivity index (χ4v) is 1.31. The first-order valence-corrected chi connectivity index (χ1v) is 4.33. The minimum Gasteiger partial charge on any atom is -0.299 e. The highest BCUT2D eigenvalue weighted by molar-refractivity contribution is 6.36. The first-order valence-electron chi connectivity index (χ1n) is 3.57. The summed E-state index contributed by atoms with van der Waals surface area (Å²) in [5, 5.41) is 0.816. The van der Waals surface area contributed by atoms with Gasteiger partial charge in [-0.1, -0.05) is 23.2 Å². The van der Waals surface area contributed by atoms with E-state index in [0.29, 0.717) is 15.9 Å². The van der Waals surface area contributed by atoms with Gasteiger partial charge in [0.25, 0.3) is 0 Å². The number of anilines is 1. The average Bonchev–Trinajstić information content (AvgIpc) is 2.03. The number of carbonyl (C=O) groups excluding carboxylic acids is 1. The number of pyridine rings is 1. The van der Waals surface area contributed by atoms with Gasteiger partial charge in [-0.3, -0.25) is 9.69 Å². The van der Waals surface area contributed by atoms with Crippen molar-refractivity contribution in [3.05, 3.63) is 22.3 Å². The Balaban J connectivity index is 3.08. The van der Waals surface area contributed by atoms with Crippen LogP contribution in [0, 0.1) is 0 Å². The summed E-state index contributed by atoms with van der Waals surface area (Å²) in [5.74, 6) is 0.287. The molecule has 0 fully saturated rings. The van der Waals surface area contributed by atoms with Gasteiger partial charge < -0.3 is 0 Å². The number of hydrogen-bond acceptors (Lipinski definition) is 2. The fraction of sp³-hybridized carbons (Fsp3) is 0.250. The summed E-state index contributed by atoms with van der Waals surface area (Å²) < 4.78 is 0. The zero-order valence-electron chi connectivity index (χ0n) is 7.21. The maximum absolute atomic E-state index is 11.0. The molecule has 1 aromatic heterocycles. The lowest BCUT2D eigenvalue weighted by Crippen LogP contribution is -2.24. The Morgan fingerprint density at radius 1 is 1.54 bits per heavy atom. The lowest BCUT2D eigenvalue weighted by atomic mass is 10.4. The van der Waals surface area contributed by atoms with Crippen molar-refractivity contribution in [2.75, 3.05) is 11.9 Å². The topological polar surface area (TPSA) is 33.2 Å². The first kappa shape index (κ1) is 10.3. The standard InChI is InChI=1S/C8H8Cl2N2O/c1-5(13)12(2)8-7(10)3-6(9)4-11-8/h3-4H,1-2H3. The number of nitrogens with zero attached hydrogens (tertiary/aromatic N) is 2. The molecule has 1 heterocycles. The minimum absolute atomic E-state index is 0.128. The molecule has 0 saturated heterocycles. The zero-order chi connectivity index (χ0) is 10.0. The number of halogens is 2. The monoisotopic (exact) mass is 218 g/mol. The van der Waals surface area contributed by atoms with Crippen LogP contribution in [0.5, 0.6) is 0 Å². The van der Waals surface area contributed by atoms with Crippen LogP contribution < -0.4 is 4.90 Å². The van der Waals surface area contributed by atoms with Crippen LogP contribution in [0.15, 0.2) is 12.3 Å². The molecule has 3 nitrogen and oxygen atoms in total. The normalized spacial score (nSPS) is 9.85. The highest BCUT2D eigenvalue weighted by Gasteiger charge is 2.11. The molecule has 0 radical (unpaired) electrons. The van der Waals surface area contributed by atoms with Crippen LogP contribution in [0.1, 0.15) is 6.92 Å². The highest BCUT2D eigenvalue weighted by atomic mass is 35.5. The van der Waals surface area contributed by atoms with Crippen molar-refractivity contribution in [2.24, 2.45) is 0 Å². The SMILES string of the molecule is CC(=O)N(C)c1ncc(Cl)cc1Cl. The van der Waals surface area contributed by atoms with Gasteiger partial charge >= 0.3 is 0 Å². The molecule has 1 amide bonds. The Morgan fingerprint density at radius 2 is 2.15 bits per heavy atom. The van der Waals surface area contributed by atoms with Crippen LogP contribution in [0.2, 0.25) is 10.0 Å². The van der Waals surface area contributed by atoms with Crippen molar-refractivity contribution in [3.8, 4) is 0 Å². The van der Waals surface area contributed by atoms with Gasteiger partial charge in [0.05, 0.1) is 10.0 Å². The summed E-state index contributed by atoms with van der Waals surface area (Å²) >= 11 is 11.5. The third-order valence-corrected chi connectivity index (χ3v) is 2.06. The van der Waals surface area contributed by atoms with Gasteiger partial charge in [0.2, 0.25) is 5.91 Å². The van der Waals surface area contributed by atoms with E-state index in [0.717, 1.165) is 0 Å². The van der Waals surface area contributed by atoms with Crippen molar-refractivity contribution < 1.29 is 4.79 Å². The fourth-order valence-electron chi connectivity index (χ4n) is 0.803. The van der Waals surface area contributed by atoms with Gasteiger partial charge in [0, 0.05) is 20.2 Å². The maximum Gasteiger partial charge on any atom is 0.224 e. The van der Waals surface area contributed by atoms with E-state index in [4.69, 9.17) is 23.2 Å². The highest BCUT2D eigenvalue weighted by Crippen LogP contribution is 2.24. The molecule has 1 aromatic rings. The number of amides is 1. The van der Waals surface area contributed by atoms with E-state index in [1.165, 1.54) is 18.0 Å². The van der Waals surface area contributed by atoms with Crippen LogP contribution in [-0.4, -0.2) is 17.9 Å². The van der Waals surface area contributed by atoms with Crippen molar-refractivity contribution in [3.63, 3.8) is 0 Å². The van der Waals surface area contributed by atoms with E-state index in [1.54, 1.807) is 13.1 Å². The number of rotatable bonds is 1. The predicted octanol–water partition coefficient (Wildman–Crippen LogP) is 2.37. The Bertz CT molecular complexity index is 341. The van der Waals surface area contributed by atoms with E-state index in [9.17, 15) is 4.79 Å².